The Kier molecular flexibility index (Phi) is 8.46. The highest BCUT2D eigenvalue weighted by Crippen LogP contribution is 2.26. The molecular weight excluding hydrogens is 432 g/mol. The number of anilines is 2. The van der Waals surface area contributed by atoms with Crippen LogP contribution in [0.2, 0.25) is 0 Å². The second-order valence-corrected chi connectivity index (χ2v) is 7.04. The normalized spacial score (nSPS) is 9.94. The molecule has 0 saturated carbocycles. The average Bonchev–Trinajstić information content (AvgIpc) is 2.87. The number of carbonyl (C=O) groups is 2. The number of para-hydroxylation sites is 4. The Hall–Kier alpha value is -4.52. The average molecular weight is 459 g/mol. The molecule has 0 unspecified atom stereocenters. The van der Waals surface area contributed by atoms with E-state index >= 15 is 0 Å². The topological polar surface area (TPSA) is 85.9 Å². The maximum absolute atomic E-state index is 13.2. The quantitative estimate of drug-likeness (QED) is 0.195. The standard InChI is InChI=1S/C27H26N2O5/c1-4-17-34-20-15-13-19(14-16-20)18-21(26(30)28-22-9-5-7-11-24(22)32-2)27(31)29-23-10-6-8-12-25(23)33-3/h4-16,18H,1,17H2,2-3H3,(H,28,30)(H,29,31). The lowest BCUT2D eigenvalue weighted by Gasteiger charge is -2.14. The summed E-state index contributed by atoms with van der Waals surface area (Å²) in [6, 6.07) is 20.9. The van der Waals surface area contributed by atoms with Crippen molar-refractivity contribution < 1.29 is 23.8 Å². The van der Waals surface area contributed by atoms with Gasteiger partial charge in [-0.1, -0.05) is 49.1 Å². The minimum Gasteiger partial charge on any atom is -0.495 e. The van der Waals surface area contributed by atoms with Crippen molar-refractivity contribution in [2.75, 3.05) is 31.5 Å². The van der Waals surface area contributed by atoms with Crippen molar-refractivity contribution in [3.8, 4) is 17.2 Å². The smallest absolute Gasteiger partial charge is 0.261 e. The van der Waals surface area contributed by atoms with E-state index in [-0.39, 0.29) is 5.57 Å². The zero-order valence-corrected chi connectivity index (χ0v) is 19.0. The Morgan fingerprint density at radius 2 is 1.29 bits per heavy atom. The molecule has 0 fully saturated rings. The first-order valence-electron chi connectivity index (χ1n) is 10.5. The number of amides is 2. The highest BCUT2D eigenvalue weighted by molar-refractivity contribution is 6.29. The Morgan fingerprint density at radius 1 is 0.794 bits per heavy atom. The molecule has 3 rings (SSSR count). The number of hydrogen-bond donors (Lipinski definition) is 2. The molecule has 7 nitrogen and oxygen atoms in total. The predicted molar refractivity (Wildman–Crippen MR) is 133 cm³/mol. The number of rotatable bonds is 10. The highest BCUT2D eigenvalue weighted by Gasteiger charge is 2.21. The molecule has 0 heterocycles. The van der Waals surface area contributed by atoms with Crippen LogP contribution in [0.3, 0.4) is 0 Å². The van der Waals surface area contributed by atoms with Crippen molar-refractivity contribution in [2.24, 2.45) is 0 Å². The summed E-state index contributed by atoms with van der Waals surface area (Å²) in [7, 11) is 3.01. The fraction of sp³-hybridized carbons (Fsp3) is 0.111. The van der Waals surface area contributed by atoms with E-state index in [1.807, 2.05) is 0 Å². The molecule has 0 spiro atoms. The Balaban J connectivity index is 1.93. The lowest BCUT2D eigenvalue weighted by Crippen LogP contribution is -2.25. The van der Waals surface area contributed by atoms with Crippen LogP contribution in [0.4, 0.5) is 11.4 Å². The second kappa shape index (κ2) is 11.9. The van der Waals surface area contributed by atoms with Crippen molar-refractivity contribution in [1.82, 2.24) is 0 Å². The van der Waals surface area contributed by atoms with E-state index in [9.17, 15) is 9.59 Å². The van der Waals surface area contributed by atoms with Gasteiger partial charge >= 0.3 is 0 Å². The molecule has 2 amide bonds. The minimum absolute atomic E-state index is 0.100. The molecule has 0 atom stereocenters. The zero-order valence-electron chi connectivity index (χ0n) is 19.0. The van der Waals surface area contributed by atoms with Crippen LogP contribution in [0, 0.1) is 0 Å². The molecule has 0 aliphatic rings. The first kappa shape index (κ1) is 24.1. The fourth-order valence-corrected chi connectivity index (χ4v) is 3.09. The predicted octanol–water partition coefficient (Wildman–Crippen LogP) is 4.93. The van der Waals surface area contributed by atoms with Crippen LogP contribution >= 0.6 is 0 Å². The first-order chi connectivity index (χ1) is 16.5. The van der Waals surface area contributed by atoms with Gasteiger partial charge in [0, 0.05) is 0 Å². The van der Waals surface area contributed by atoms with E-state index < -0.39 is 11.8 Å². The van der Waals surface area contributed by atoms with Crippen LogP contribution < -0.4 is 24.8 Å². The van der Waals surface area contributed by atoms with Crippen LogP contribution in [-0.2, 0) is 9.59 Å². The van der Waals surface area contributed by atoms with Crippen LogP contribution in [0.15, 0.2) is 91.0 Å². The molecule has 0 radical (unpaired) electrons. The van der Waals surface area contributed by atoms with Crippen molar-refractivity contribution in [3.05, 3.63) is 96.6 Å². The highest BCUT2D eigenvalue weighted by atomic mass is 16.5. The summed E-state index contributed by atoms with van der Waals surface area (Å²) in [6.45, 7) is 4.00. The van der Waals surface area contributed by atoms with Gasteiger partial charge in [-0.25, -0.2) is 0 Å². The van der Waals surface area contributed by atoms with Crippen LogP contribution in [-0.4, -0.2) is 32.6 Å². The molecule has 34 heavy (non-hydrogen) atoms. The summed E-state index contributed by atoms with van der Waals surface area (Å²) in [6.07, 6.45) is 3.16. The number of methoxy groups -OCH3 is 2. The summed E-state index contributed by atoms with van der Waals surface area (Å²) < 4.78 is 16.1. The van der Waals surface area contributed by atoms with Gasteiger partial charge in [-0.05, 0) is 48.0 Å². The molecule has 0 bridgehead atoms. The maximum Gasteiger partial charge on any atom is 0.261 e. The second-order valence-electron chi connectivity index (χ2n) is 7.04. The van der Waals surface area contributed by atoms with Gasteiger partial charge in [0.25, 0.3) is 11.8 Å². The number of hydrogen-bond acceptors (Lipinski definition) is 5. The molecule has 0 saturated heterocycles. The van der Waals surface area contributed by atoms with Gasteiger partial charge in [0.05, 0.1) is 25.6 Å². The molecule has 7 heteroatoms. The third kappa shape index (κ3) is 6.26. The number of carbonyl (C=O) groups excluding carboxylic acids is 2. The molecule has 2 N–H and O–H groups in total. The Morgan fingerprint density at radius 3 is 1.76 bits per heavy atom. The van der Waals surface area contributed by atoms with Crippen molar-refractivity contribution >= 4 is 29.3 Å². The number of ether oxygens (including phenoxy) is 3. The summed E-state index contributed by atoms with van der Waals surface area (Å²) >= 11 is 0. The van der Waals surface area contributed by atoms with Crippen LogP contribution in [0.1, 0.15) is 5.56 Å². The Labute approximate surface area is 198 Å². The molecule has 0 aliphatic carbocycles. The number of nitrogens with one attached hydrogen (secondary N) is 2. The van der Waals surface area contributed by atoms with Gasteiger partial charge in [-0.15, -0.1) is 0 Å². The summed E-state index contributed by atoms with van der Waals surface area (Å²) in [5.74, 6) is 0.413. The molecule has 0 aromatic heterocycles. The molecule has 174 valence electrons. The van der Waals surface area contributed by atoms with Gasteiger partial charge in [-0.3, -0.25) is 9.59 Å². The van der Waals surface area contributed by atoms with E-state index in [2.05, 4.69) is 17.2 Å². The summed E-state index contributed by atoms with van der Waals surface area (Å²) in [5, 5.41) is 5.51. The lowest BCUT2D eigenvalue weighted by atomic mass is 10.1. The third-order valence-electron chi connectivity index (χ3n) is 4.76. The van der Waals surface area contributed by atoms with Gasteiger partial charge in [0.2, 0.25) is 0 Å². The van der Waals surface area contributed by atoms with Crippen LogP contribution in [0.25, 0.3) is 6.08 Å². The van der Waals surface area contributed by atoms with E-state index in [0.29, 0.717) is 40.8 Å². The largest absolute Gasteiger partial charge is 0.495 e. The molecule has 3 aromatic carbocycles. The van der Waals surface area contributed by atoms with Crippen LogP contribution in [0.5, 0.6) is 17.2 Å². The Bertz CT molecular complexity index is 1120. The summed E-state index contributed by atoms with van der Waals surface area (Å²) in [4.78, 5) is 26.4. The monoisotopic (exact) mass is 458 g/mol. The van der Waals surface area contributed by atoms with E-state index in [4.69, 9.17) is 14.2 Å². The van der Waals surface area contributed by atoms with Gasteiger partial charge in [-0.2, -0.15) is 0 Å². The minimum atomic E-state index is -0.594. The first-order valence-corrected chi connectivity index (χ1v) is 10.5. The van der Waals surface area contributed by atoms with Gasteiger partial charge in [0.15, 0.2) is 0 Å². The van der Waals surface area contributed by atoms with Crippen molar-refractivity contribution in [3.63, 3.8) is 0 Å². The number of benzene rings is 3. The fourth-order valence-electron chi connectivity index (χ4n) is 3.09. The molecule has 3 aromatic rings. The van der Waals surface area contributed by atoms with E-state index in [1.54, 1.807) is 78.9 Å². The van der Waals surface area contributed by atoms with Gasteiger partial charge in [0.1, 0.15) is 29.4 Å². The van der Waals surface area contributed by atoms with Gasteiger partial charge < -0.3 is 24.8 Å². The zero-order chi connectivity index (χ0) is 24.3. The summed E-state index contributed by atoms with van der Waals surface area (Å²) in [5.41, 5.74) is 1.43. The molecular formula is C27H26N2O5. The third-order valence-corrected chi connectivity index (χ3v) is 4.76. The van der Waals surface area contributed by atoms with Crippen molar-refractivity contribution in [1.29, 1.82) is 0 Å². The lowest BCUT2D eigenvalue weighted by molar-refractivity contribution is -0.118. The maximum atomic E-state index is 13.2. The van der Waals surface area contributed by atoms with E-state index in [1.165, 1.54) is 20.3 Å². The molecule has 0 aliphatic heterocycles. The SMILES string of the molecule is C=CCOc1ccc(C=C(C(=O)Nc2ccccc2OC)C(=O)Nc2ccccc2OC)cc1. The van der Waals surface area contributed by atoms with E-state index in [0.717, 1.165) is 0 Å². The van der Waals surface area contributed by atoms with Crippen molar-refractivity contribution in [2.45, 2.75) is 0 Å².